The smallest absolute Gasteiger partial charge is 0.337 e. The van der Waals surface area contributed by atoms with Gasteiger partial charge in [-0.25, -0.2) is 13.6 Å². The zero-order valence-corrected chi connectivity index (χ0v) is 14.8. The molecule has 5 nitrogen and oxygen atoms in total. The van der Waals surface area contributed by atoms with Crippen LogP contribution in [0.4, 0.5) is 25.8 Å². The van der Waals surface area contributed by atoms with Gasteiger partial charge in [-0.15, -0.1) is 0 Å². The third kappa shape index (κ3) is 4.50. The van der Waals surface area contributed by atoms with E-state index in [1.54, 1.807) is 48.5 Å². The molecular weight excluding hydrogens is 366 g/mol. The van der Waals surface area contributed by atoms with Crippen LogP contribution < -0.4 is 10.6 Å². The Balaban J connectivity index is 1.63. The van der Waals surface area contributed by atoms with Crippen molar-refractivity contribution in [1.29, 1.82) is 0 Å². The van der Waals surface area contributed by atoms with Gasteiger partial charge in [0, 0.05) is 22.6 Å². The summed E-state index contributed by atoms with van der Waals surface area (Å²) in [6.07, 6.45) is 0. The molecule has 28 heavy (non-hydrogen) atoms. The number of nitrogens with one attached hydrogen (secondary N) is 2. The van der Waals surface area contributed by atoms with Crippen LogP contribution in [0.5, 0.6) is 0 Å². The molecule has 1 amide bonds. The molecule has 0 radical (unpaired) electrons. The lowest BCUT2D eigenvalue weighted by Gasteiger charge is -2.09. The summed E-state index contributed by atoms with van der Waals surface area (Å²) in [5, 5.41) is 5.77. The molecule has 0 aliphatic rings. The number of methoxy groups -OCH3 is 1. The number of benzene rings is 3. The largest absolute Gasteiger partial charge is 0.465 e. The van der Waals surface area contributed by atoms with Crippen molar-refractivity contribution in [2.45, 2.75) is 0 Å². The predicted molar refractivity (Wildman–Crippen MR) is 102 cm³/mol. The van der Waals surface area contributed by atoms with Gasteiger partial charge in [0.1, 0.15) is 0 Å². The Morgan fingerprint density at radius 2 is 1.29 bits per heavy atom. The highest BCUT2D eigenvalue weighted by molar-refractivity contribution is 6.04. The Labute approximate surface area is 160 Å². The lowest BCUT2D eigenvalue weighted by molar-refractivity contribution is 0.0600. The van der Waals surface area contributed by atoms with Crippen LogP contribution in [0.2, 0.25) is 0 Å². The summed E-state index contributed by atoms with van der Waals surface area (Å²) in [7, 11) is 1.32. The number of ether oxygens (including phenoxy) is 1. The van der Waals surface area contributed by atoms with Gasteiger partial charge in [0.2, 0.25) is 0 Å². The molecular formula is C21H16F2N2O3. The maximum Gasteiger partial charge on any atom is 0.337 e. The average Bonchev–Trinajstić information content (AvgIpc) is 2.71. The van der Waals surface area contributed by atoms with Crippen molar-refractivity contribution in [3.8, 4) is 0 Å². The van der Waals surface area contributed by atoms with Crippen LogP contribution in [0.25, 0.3) is 0 Å². The minimum Gasteiger partial charge on any atom is -0.465 e. The first kappa shape index (κ1) is 19.0. The molecule has 0 bridgehead atoms. The lowest BCUT2D eigenvalue weighted by atomic mass is 10.2. The average molecular weight is 382 g/mol. The molecule has 0 fully saturated rings. The third-order valence-electron chi connectivity index (χ3n) is 3.92. The molecule has 0 aromatic heterocycles. The molecule has 0 saturated heterocycles. The summed E-state index contributed by atoms with van der Waals surface area (Å²) < 4.78 is 30.8. The fourth-order valence-corrected chi connectivity index (χ4v) is 2.45. The molecule has 0 spiro atoms. The minimum absolute atomic E-state index is 0.0202. The normalized spacial score (nSPS) is 10.2. The van der Waals surface area contributed by atoms with Crippen molar-refractivity contribution in [3.05, 3.63) is 89.5 Å². The first-order chi connectivity index (χ1) is 13.5. The molecule has 0 saturated carbocycles. The quantitative estimate of drug-likeness (QED) is 0.625. The van der Waals surface area contributed by atoms with Gasteiger partial charge in [0.15, 0.2) is 11.6 Å². The summed E-state index contributed by atoms with van der Waals surface area (Å²) in [4.78, 5) is 23.5. The van der Waals surface area contributed by atoms with Crippen LogP contribution in [0, 0.1) is 11.6 Å². The van der Waals surface area contributed by atoms with E-state index in [0.717, 1.165) is 23.5 Å². The predicted octanol–water partition coefficient (Wildman–Crippen LogP) is 4.75. The molecule has 2 N–H and O–H groups in total. The van der Waals surface area contributed by atoms with Crippen LogP contribution in [0.3, 0.4) is 0 Å². The van der Waals surface area contributed by atoms with Crippen LogP contribution in [-0.4, -0.2) is 19.0 Å². The van der Waals surface area contributed by atoms with Crippen LogP contribution >= 0.6 is 0 Å². The molecule has 3 aromatic carbocycles. The lowest BCUT2D eigenvalue weighted by Crippen LogP contribution is -2.12. The minimum atomic E-state index is -1.08. The number of hydrogen-bond donors (Lipinski definition) is 2. The second-order valence-electron chi connectivity index (χ2n) is 5.85. The molecule has 0 aliphatic carbocycles. The van der Waals surface area contributed by atoms with E-state index in [2.05, 4.69) is 15.4 Å². The van der Waals surface area contributed by atoms with E-state index in [1.807, 2.05) is 0 Å². The third-order valence-corrected chi connectivity index (χ3v) is 3.92. The molecule has 0 atom stereocenters. The van der Waals surface area contributed by atoms with E-state index in [1.165, 1.54) is 13.2 Å². The number of hydrogen-bond acceptors (Lipinski definition) is 4. The van der Waals surface area contributed by atoms with E-state index >= 15 is 0 Å². The van der Waals surface area contributed by atoms with Gasteiger partial charge in [0.25, 0.3) is 5.91 Å². The zero-order chi connectivity index (χ0) is 20.1. The summed E-state index contributed by atoms with van der Waals surface area (Å²) in [6, 6.07) is 16.6. The van der Waals surface area contributed by atoms with Crippen LogP contribution in [0.1, 0.15) is 20.7 Å². The SMILES string of the molecule is COC(=O)c1ccc(Nc2ccc(NC(=O)c3ccc(F)c(F)c3)cc2)cc1. The van der Waals surface area contributed by atoms with Crippen molar-refractivity contribution < 1.29 is 23.1 Å². The maximum absolute atomic E-state index is 13.2. The molecule has 7 heteroatoms. The molecule has 142 valence electrons. The Morgan fingerprint density at radius 3 is 1.86 bits per heavy atom. The highest BCUT2D eigenvalue weighted by Gasteiger charge is 2.10. The van der Waals surface area contributed by atoms with Crippen molar-refractivity contribution in [2.24, 2.45) is 0 Å². The zero-order valence-electron chi connectivity index (χ0n) is 14.8. The number of anilines is 3. The van der Waals surface area contributed by atoms with E-state index in [4.69, 9.17) is 0 Å². The van der Waals surface area contributed by atoms with Gasteiger partial charge in [-0.2, -0.15) is 0 Å². The summed E-state index contributed by atoms with van der Waals surface area (Å²) in [5.74, 6) is -3.04. The summed E-state index contributed by atoms with van der Waals surface area (Å²) in [5.41, 5.74) is 2.50. The van der Waals surface area contributed by atoms with Gasteiger partial charge < -0.3 is 15.4 Å². The molecule has 3 rings (SSSR count). The van der Waals surface area contributed by atoms with Gasteiger partial charge >= 0.3 is 5.97 Å². The van der Waals surface area contributed by atoms with E-state index in [-0.39, 0.29) is 5.56 Å². The Hall–Kier alpha value is -3.74. The van der Waals surface area contributed by atoms with Crippen molar-refractivity contribution in [3.63, 3.8) is 0 Å². The number of amides is 1. The fraction of sp³-hybridized carbons (Fsp3) is 0.0476. The first-order valence-corrected chi connectivity index (χ1v) is 8.28. The Morgan fingerprint density at radius 1 is 0.750 bits per heavy atom. The van der Waals surface area contributed by atoms with Gasteiger partial charge in [-0.3, -0.25) is 4.79 Å². The first-order valence-electron chi connectivity index (χ1n) is 8.28. The van der Waals surface area contributed by atoms with Gasteiger partial charge in [-0.05, 0) is 66.7 Å². The van der Waals surface area contributed by atoms with E-state index in [9.17, 15) is 18.4 Å². The van der Waals surface area contributed by atoms with Crippen molar-refractivity contribution in [2.75, 3.05) is 17.7 Å². The summed E-state index contributed by atoms with van der Waals surface area (Å²) >= 11 is 0. The van der Waals surface area contributed by atoms with Gasteiger partial charge in [0.05, 0.1) is 12.7 Å². The van der Waals surface area contributed by atoms with Crippen molar-refractivity contribution in [1.82, 2.24) is 0 Å². The number of rotatable bonds is 5. The topological polar surface area (TPSA) is 67.4 Å². The highest BCUT2D eigenvalue weighted by atomic mass is 19.2. The maximum atomic E-state index is 13.2. The number of esters is 1. The highest BCUT2D eigenvalue weighted by Crippen LogP contribution is 2.20. The molecule has 3 aromatic rings. The van der Waals surface area contributed by atoms with E-state index < -0.39 is 23.5 Å². The van der Waals surface area contributed by atoms with Crippen LogP contribution in [-0.2, 0) is 4.74 Å². The van der Waals surface area contributed by atoms with E-state index in [0.29, 0.717) is 11.3 Å². The Kier molecular flexibility index (Phi) is 5.64. The van der Waals surface area contributed by atoms with Gasteiger partial charge in [-0.1, -0.05) is 0 Å². The standard InChI is InChI=1S/C21H16F2N2O3/c1-28-21(27)13-2-5-15(6-3-13)24-16-7-9-17(10-8-16)25-20(26)14-4-11-18(22)19(23)12-14/h2-12,24H,1H3,(H,25,26). The van der Waals surface area contributed by atoms with Crippen LogP contribution in [0.15, 0.2) is 66.7 Å². The van der Waals surface area contributed by atoms with Crippen molar-refractivity contribution >= 4 is 28.9 Å². The fourth-order valence-electron chi connectivity index (χ4n) is 2.45. The monoisotopic (exact) mass is 382 g/mol. The second-order valence-corrected chi connectivity index (χ2v) is 5.85. The number of carbonyl (C=O) groups excluding carboxylic acids is 2. The molecule has 0 heterocycles. The second kappa shape index (κ2) is 8.30. The number of halogens is 2. The molecule has 0 unspecified atom stereocenters. The molecule has 0 aliphatic heterocycles. The summed E-state index contributed by atoms with van der Waals surface area (Å²) in [6.45, 7) is 0. The number of carbonyl (C=O) groups is 2. The Bertz CT molecular complexity index is 1000.